The van der Waals surface area contributed by atoms with Gasteiger partial charge in [0.25, 0.3) is 0 Å². The average molecular weight is 263 g/mol. The van der Waals surface area contributed by atoms with Gasteiger partial charge < -0.3 is 9.15 Å². The van der Waals surface area contributed by atoms with Crippen LogP contribution in [0.2, 0.25) is 5.02 Å². The molecule has 0 unspecified atom stereocenters. The first-order chi connectivity index (χ1) is 8.67. The zero-order valence-corrected chi connectivity index (χ0v) is 10.5. The lowest BCUT2D eigenvalue weighted by Crippen LogP contribution is -1.98. The first-order valence-electron chi connectivity index (χ1n) is 5.30. The zero-order valence-electron chi connectivity index (χ0n) is 9.72. The summed E-state index contributed by atoms with van der Waals surface area (Å²) in [4.78, 5) is 11.2. The highest BCUT2D eigenvalue weighted by Crippen LogP contribution is 2.15. The molecule has 3 nitrogen and oxygen atoms in total. The average Bonchev–Trinajstić information content (AvgIpc) is 2.36. The molecule has 0 bridgehead atoms. The molecule has 2 rings (SSSR count). The maximum Gasteiger partial charge on any atom is 0.339 e. The molecule has 2 aromatic rings. The van der Waals surface area contributed by atoms with Crippen molar-refractivity contribution < 1.29 is 9.15 Å². The fraction of sp³-hybridized carbons (Fsp3) is 0.0714. The number of rotatable bonds is 3. The van der Waals surface area contributed by atoms with Crippen molar-refractivity contribution >= 4 is 23.8 Å². The molecular formula is C14H11ClO3. The topological polar surface area (TPSA) is 39.4 Å². The minimum atomic E-state index is -0.444. The third-order valence-corrected chi connectivity index (χ3v) is 2.52. The molecule has 0 aliphatic heterocycles. The van der Waals surface area contributed by atoms with E-state index in [4.69, 9.17) is 20.8 Å². The lowest BCUT2D eigenvalue weighted by atomic mass is 10.2. The second-order valence-corrected chi connectivity index (χ2v) is 4.04. The molecule has 0 fully saturated rings. The second-order valence-electron chi connectivity index (χ2n) is 3.61. The van der Waals surface area contributed by atoms with Crippen LogP contribution >= 0.6 is 11.6 Å². The van der Waals surface area contributed by atoms with Crippen molar-refractivity contribution in [2.45, 2.75) is 0 Å². The summed E-state index contributed by atoms with van der Waals surface area (Å²) >= 11 is 5.87. The van der Waals surface area contributed by atoms with Gasteiger partial charge in [0.1, 0.15) is 11.5 Å². The smallest absolute Gasteiger partial charge is 0.339 e. The Bertz CT molecular complexity index is 629. The SMILES string of the molecule is COc1cc(/C=C\c2cccc(Cl)c2)oc(=O)c1. The monoisotopic (exact) mass is 262 g/mol. The first-order valence-corrected chi connectivity index (χ1v) is 5.68. The van der Waals surface area contributed by atoms with E-state index in [2.05, 4.69) is 0 Å². The zero-order chi connectivity index (χ0) is 13.0. The van der Waals surface area contributed by atoms with Crippen molar-refractivity contribution in [1.82, 2.24) is 0 Å². The quantitative estimate of drug-likeness (QED) is 0.850. The number of ether oxygens (including phenoxy) is 1. The van der Waals surface area contributed by atoms with Crippen LogP contribution < -0.4 is 10.4 Å². The number of hydrogen-bond acceptors (Lipinski definition) is 3. The van der Waals surface area contributed by atoms with E-state index >= 15 is 0 Å². The molecule has 18 heavy (non-hydrogen) atoms. The fourth-order valence-electron chi connectivity index (χ4n) is 1.46. The molecule has 0 saturated carbocycles. The Morgan fingerprint density at radius 1 is 1.22 bits per heavy atom. The number of benzene rings is 1. The summed E-state index contributed by atoms with van der Waals surface area (Å²) in [5, 5.41) is 0.657. The highest BCUT2D eigenvalue weighted by atomic mass is 35.5. The molecule has 1 heterocycles. The van der Waals surface area contributed by atoms with Crippen LogP contribution in [-0.2, 0) is 0 Å². The Hall–Kier alpha value is -2.00. The third kappa shape index (κ3) is 3.25. The van der Waals surface area contributed by atoms with Gasteiger partial charge in [0.2, 0.25) is 0 Å². The molecule has 1 aromatic carbocycles. The first kappa shape index (κ1) is 12.5. The largest absolute Gasteiger partial charge is 0.496 e. The predicted octanol–water partition coefficient (Wildman–Crippen LogP) is 3.47. The normalized spacial score (nSPS) is 10.8. The van der Waals surface area contributed by atoms with Gasteiger partial charge in [-0.15, -0.1) is 0 Å². The van der Waals surface area contributed by atoms with Gasteiger partial charge in [-0.1, -0.05) is 29.8 Å². The maximum absolute atomic E-state index is 11.2. The lowest BCUT2D eigenvalue weighted by molar-refractivity contribution is 0.400. The van der Waals surface area contributed by atoms with Crippen molar-refractivity contribution in [3.05, 3.63) is 63.2 Å². The Balaban J connectivity index is 2.28. The van der Waals surface area contributed by atoms with Gasteiger partial charge >= 0.3 is 5.63 Å². The van der Waals surface area contributed by atoms with Crippen molar-refractivity contribution in [1.29, 1.82) is 0 Å². The minimum Gasteiger partial charge on any atom is -0.496 e. The van der Waals surface area contributed by atoms with Crippen LogP contribution in [0.15, 0.2) is 45.6 Å². The van der Waals surface area contributed by atoms with Crippen molar-refractivity contribution in [2.75, 3.05) is 7.11 Å². The second kappa shape index (κ2) is 5.56. The summed E-state index contributed by atoms with van der Waals surface area (Å²) in [6.45, 7) is 0. The van der Waals surface area contributed by atoms with E-state index in [9.17, 15) is 4.79 Å². The van der Waals surface area contributed by atoms with E-state index in [-0.39, 0.29) is 0 Å². The van der Waals surface area contributed by atoms with Gasteiger partial charge in [0.15, 0.2) is 0 Å². The van der Waals surface area contributed by atoms with Crippen LogP contribution in [0.25, 0.3) is 12.2 Å². The van der Waals surface area contributed by atoms with E-state index < -0.39 is 5.63 Å². The van der Waals surface area contributed by atoms with Crippen LogP contribution in [0.5, 0.6) is 5.75 Å². The summed E-state index contributed by atoms with van der Waals surface area (Å²) in [6.07, 6.45) is 3.50. The van der Waals surface area contributed by atoms with Crippen LogP contribution in [0.3, 0.4) is 0 Å². The molecule has 1 aromatic heterocycles. The molecule has 0 atom stereocenters. The molecule has 0 saturated heterocycles. The van der Waals surface area contributed by atoms with Crippen LogP contribution in [0.1, 0.15) is 11.3 Å². The molecule has 92 valence electrons. The van der Waals surface area contributed by atoms with Gasteiger partial charge in [-0.2, -0.15) is 0 Å². The maximum atomic E-state index is 11.2. The number of halogens is 1. The molecule has 0 aliphatic rings. The summed E-state index contributed by atoms with van der Waals surface area (Å²) in [5.41, 5.74) is 0.480. The van der Waals surface area contributed by atoms with Crippen LogP contribution in [-0.4, -0.2) is 7.11 Å². The lowest BCUT2D eigenvalue weighted by Gasteiger charge is -1.99. The van der Waals surface area contributed by atoms with Crippen LogP contribution in [0.4, 0.5) is 0 Å². The van der Waals surface area contributed by atoms with E-state index in [0.717, 1.165) is 5.56 Å². The van der Waals surface area contributed by atoms with Gasteiger partial charge in [-0.25, -0.2) is 4.79 Å². The van der Waals surface area contributed by atoms with E-state index in [0.29, 0.717) is 16.5 Å². The predicted molar refractivity (Wildman–Crippen MR) is 71.9 cm³/mol. The molecule has 4 heteroatoms. The summed E-state index contributed by atoms with van der Waals surface area (Å²) in [5.74, 6) is 0.899. The molecule has 0 aliphatic carbocycles. The van der Waals surface area contributed by atoms with Gasteiger partial charge in [0, 0.05) is 11.1 Å². The Morgan fingerprint density at radius 3 is 2.78 bits per heavy atom. The fourth-order valence-corrected chi connectivity index (χ4v) is 1.66. The van der Waals surface area contributed by atoms with Gasteiger partial charge in [-0.05, 0) is 23.8 Å². The summed E-state index contributed by atoms with van der Waals surface area (Å²) in [6, 6.07) is 10.3. The standard InChI is InChI=1S/C14H11ClO3/c1-17-13-8-12(18-14(16)9-13)6-5-10-3-2-4-11(15)7-10/h2-9H,1H3/b6-5-. The Kier molecular flexibility index (Phi) is 3.85. The summed E-state index contributed by atoms with van der Waals surface area (Å²) < 4.78 is 10.0. The summed E-state index contributed by atoms with van der Waals surface area (Å²) in [7, 11) is 1.50. The number of hydrogen-bond donors (Lipinski definition) is 0. The van der Waals surface area contributed by atoms with E-state index in [1.54, 1.807) is 18.2 Å². The van der Waals surface area contributed by atoms with Gasteiger partial charge in [-0.3, -0.25) is 0 Å². The van der Waals surface area contributed by atoms with Crippen LogP contribution in [0, 0.1) is 0 Å². The molecular weight excluding hydrogens is 252 g/mol. The van der Waals surface area contributed by atoms with Crippen molar-refractivity contribution in [3.8, 4) is 5.75 Å². The molecule has 0 N–H and O–H groups in total. The van der Waals surface area contributed by atoms with Crippen molar-refractivity contribution in [3.63, 3.8) is 0 Å². The highest BCUT2D eigenvalue weighted by molar-refractivity contribution is 6.30. The number of methoxy groups -OCH3 is 1. The Morgan fingerprint density at radius 2 is 2.06 bits per heavy atom. The minimum absolute atomic E-state index is 0.430. The van der Waals surface area contributed by atoms with Crippen molar-refractivity contribution in [2.24, 2.45) is 0 Å². The van der Waals surface area contributed by atoms with Gasteiger partial charge in [0.05, 0.1) is 13.2 Å². The van der Waals surface area contributed by atoms with E-state index in [1.807, 2.05) is 24.3 Å². The molecule has 0 spiro atoms. The molecule has 0 radical (unpaired) electrons. The Labute approximate surface area is 109 Å². The molecule has 0 amide bonds. The third-order valence-electron chi connectivity index (χ3n) is 2.29. The van der Waals surface area contributed by atoms with E-state index in [1.165, 1.54) is 13.2 Å². The highest BCUT2D eigenvalue weighted by Gasteiger charge is 1.98.